The highest BCUT2D eigenvalue weighted by Gasteiger charge is 2.46. The van der Waals surface area contributed by atoms with Crippen molar-refractivity contribution in [3.63, 3.8) is 0 Å². The largest absolute Gasteiger partial charge is 0.374 e. The van der Waals surface area contributed by atoms with Crippen molar-refractivity contribution in [1.82, 2.24) is 15.0 Å². The summed E-state index contributed by atoms with van der Waals surface area (Å²) in [5.74, 6) is 0. The molecule has 5 aromatic rings. The van der Waals surface area contributed by atoms with E-state index in [2.05, 4.69) is 58.8 Å². The minimum absolute atomic E-state index is 0.271. The predicted molar refractivity (Wildman–Crippen MR) is 159 cm³/mol. The number of fused-ring (bicyclic) bond motifs is 1. The van der Waals surface area contributed by atoms with Crippen molar-refractivity contribution in [2.75, 3.05) is 6.61 Å². The Balaban J connectivity index is 1.30. The Bertz CT molecular complexity index is 1480. The van der Waals surface area contributed by atoms with E-state index in [1.54, 1.807) is 6.20 Å². The number of rotatable bonds is 13. The van der Waals surface area contributed by atoms with Crippen LogP contribution < -0.4 is 0 Å². The third-order valence-corrected chi connectivity index (χ3v) is 7.45. The lowest BCUT2D eigenvalue weighted by Crippen LogP contribution is -2.50. The Kier molecular flexibility index (Phi) is 9.44. The number of aromatic nitrogens is 3. The number of ether oxygens (including phenoxy) is 4. The monoisotopic (exact) mass is 561 g/mol. The molecule has 2 heterocycles. The molecule has 7 nitrogen and oxygen atoms in total. The van der Waals surface area contributed by atoms with Crippen LogP contribution in [0.25, 0.3) is 0 Å². The molecule has 4 aromatic carbocycles. The molecule has 0 spiro atoms. The maximum Gasteiger partial charge on any atom is 0.130 e. The third-order valence-electron chi connectivity index (χ3n) is 7.45. The molecule has 1 aromatic heterocycles. The zero-order valence-electron chi connectivity index (χ0n) is 23.4. The first-order valence-electron chi connectivity index (χ1n) is 14.3. The van der Waals surface area contributed by atoms with Crippen molar-refractivity contribution in [3.8, 4) is 0 Å². The average Bonchev–Trinajstić information content (AvgIpc) is 3.54. The van der Waals surface area contributed by atoms with E-state index in [1.807, 2.05) is 77.5 Å². The second-order valence-corrected chi connectivity index (χ2v) is 10.4. The summed E-state index contributed by atoms with van der Waals surface area (Å²) in [5, 5.41) is 8.80. The first-order valence-corrected chi connectivity index (χ1v) is 14.3. The highest BCUT2D eigenvalue weighted by atomic mass is 16.6. The van der Waals surface area contributed by atoms with Gasteiger partial charge in [-0.15, -0.1) is 5.10 Å². The van der Waals surface area contributed by atoms with Crippen LogP contribution in [-0.2, 0) is 45.4 Å². The van der Waals surface area contributed by atoms with E-state index in [1.165, 1.54) is 0 Å². The molecule has 0 saturated carbocycles. The van der Waals surface area contributed by atoms with Crippen LogP contribution in [0.5, 0.6) is 0 Å². The van der Waals surface area contributed by atoms with Gasteiger partial charge in [-0.3, -0.25) is 0 Å². The topological polar surface area (TPSA) is 67.6 Å². The van der Waals surface area contributed by atoms with Crippen LogP contribution in [0.2, 0.25) is 0 Å². The Morgan fingerprint density at radius 2 is 0.976 bits per heavy atom. The fourth-order valence-electron chi connectivity index (χ4n) is 5.31. The van der Waals surface area contributed by atoms with E-state index in [-0.39, 0.29) is 6.04 Å². The van der Waals surface area contributed by atoms with Crippen LogP contribution in [0, 0.1) is 0 Å². The van der Waals surface area contributed by atoms with Gasteiger partial charge >= 0.3 is 0 Å². The van der Waals surface area contributed by atoms with Gasteiger partial charge in [0.05, 0.1) is 44.9 Å². The van der Waals surface area contributed by atoms with Gasteiger partial charge in [-0.05, 0) is 22.3 Å². The van der Waals surface area contributed by atoms with Crippen molar-refractivity contribution in [2.45, 2.75) is 50.8 Å². The molecule has 0 aliphatic carbocycles. The second kappa shape index (κ2) is 14.2. The molecule has 1 aliphatic rings. The normalized spacial score (nSPS) is 19.8. The zero-order valence-corrected chi connectivity index (χ0v) is 23.4. The van der Waals surface area contributed by atoms with E-state index >= 15 is 0 Å². The molecule has 0 saturated heterocycles. The Labute approximate surface area is 246 Å². The number of hydrogen-bond acceptors (Lipinski definition) is 6. The summed E-state index contributed by atoms with van der Waals surface area (Å²) in [7, 11) is 0. The van der Waals surface area contributed by atoms with Gasteiger partial charge in [0.1, 0.15) is 24.4 Å². The maximum atomic E-state index is 6.72. The SMILES string of the molecule is c1ccc(COC[C@@H]2[C@@H](OCc3ccccc3)[C@H](OCc3ccccc3)[C@H](OCc3ccccc3)c3cnnn32)cc1. The Morgan fingerprint density at radius 3 is 1.50 bits per heavy atom. The molecule has 1 aliphatic heterocycles. The second-order valence-electron chi connectivity index (χ2n) is 10.4. The summed E-state index contributed by atoms with van der Waals surface area (Å²) in [6.07, 6.45) is 0.468. The minimum Gasteiger partial charge on any atom is -0.374 e. The summed E-state index contributed by atoms with van der Waals surface area (Å²) in [5.41, 5.74) is 5.18. The van der Waals surface area contributed by atoms with Crippen molar-refractivity contribution >= 4 is 0 Å². The summed E-state index contributed by atoms with van der Waals surface area (Å²) in [4.78, 5) is 0. The van der Waals surface area contributed by atoms with Gasteiger partial charge in [-0.1, -0.05) is 127 Å². The molecule has 0 N–H and O–H groups in total. The van der Waals surface area contributed by atoms with Crippen LogP contribution >= 0.6 is 0 Å². The van der Waals surface area contributed by atoms with Gasteiger partial charge in [0.2, 0.25) is 0 Å². The molecule has 7 heteroatoms. The minimum atomic E-state index is -0.449. The van der Waals surface area contributed by atoms with Crippen molar-refractivity contribution < 1.29 is 18.9 Å². The number of nitrogens with zero attached hydrogens (tertiary/aromatic N) is 3. The van der Waals surface area contributed by atoms with Crippen LogP contribution in [-0.4, -0.2) is 33.8 Å². The molecule has 0 bridgehead atoms. The molecule has 4 atom stereocenters. The van der Waals surface area contributed by atoms with E-state index < -0.39 is 18.3 Å². The predicted octanol–water partition coefficient (Wildman–Crippen LogP) is 6.48. The lowest BCUT2D eigenvalue weighted by molar-refractivity contribution is -0.189. The first-order chi connectivity index (χ1) is 20.8. The van der Waals surface area contributed by atoms with Crippen LogP contribution in [0.1, 0.15) is 40.1 Å². The lowest BCUT2D eigenvalue weighted by Gasteiger charge is -2.42. The first kappa shape index (κ1) is 28.0. The zero-order chi connectivity index (χ0) is 28.4. The fraction of sp³-hybridized carbons (Fsp3) is 0.257. The van der Waals surface area contributed by atoms with E-state index in [9.17, 15) is 0 Å². The van der Waals surface area contributed by atoms with Gasteiger partial charge in [-0.2, -0.15) is 0 Å². The van der Waals surface area contributed by atoms with Gasteiger partial charge in [-0.25, -0.2) is 4.68 Å². The van der Waals surface area contributed by atoms with Crippen LogP contribution in [0.4, 0.5) is 0 Å². The smallest absolute Gasteiger partial charge is 0.130 e. The van der Waals surface area contributed by atoms with E-state index in [0.717, 1.165) is 27.9 Å². The van der Waals surface area contributed by atoms with Crippen molar-refractivity contribution in [3.05, 3.63) is 155 Å². The van der Waals surface area contributed by atoms with E-state index in [4.69, 9.17) is 18.9 Å². The van der Waals surface area contributed by atoms with Gasteiger partial charge in [0, 0.05) is 0 Å². The summed E-state index contributed by atoms with van der Waals surface area (Å²) in [6, 6.07) is 40.4. The summed E-state index contributed by atoms with van der Waals surface area (Å²) in [6.45, 7) is 2.11. The lowest BCUT2D eigenvalue weighted by atomic mass is 9.93. The highest BCUT2D eigenvalue weighted by Crippen LogP contribution is 2.39. The third kappa shape index (κ3) is 7.01. The van der Waals surface area contributed by atoms with Gasteiger partial charge < -0.3 is 18.9 Å². The average molecular weight is 562 g/mol. The highest BCUT2D eigenvalue weighted by molar-refractivity contribution is 5.18. The molecule has 0 radical (unpaired) electrons. The Morgan fingerprint density at radius 1 is 0.524 bits per heavy atom. The Hall–Kier alpha value is -4.14. The summed E-state index contributed by atoms with van der Waals surface area (Å²) >= 11 is 0. The quantitative estimate of drug-likeness (QED) is 0.164. The molecule has 214 valence electrons. The molecule has 42 heavy (non-hydrogen) atoms. The van der Waals surface area contributed by atoms with Crippen LogP contribution in [0.3, 0.4) is 0 Å². The molecule has 6 rings (SSSR count). The van der Waals surface area contributed by atoms with Crippen LogP contribution in [0.15, 0.2) is 128 Å². The fourth-order valence-corrected chi connectivity index (χ4v) is 5.31. The van der Waals surface area contributed by atoms with Gasteiger partial charge in [0.15, 0.2) is 0 Å². The number of benzene rings is 4. The molecule has 0 unspecified atom stereocenters. The van der Waals surface area contributed by atoms with Crippen molar-refractivity contribution in [2.24, 2.45) is 0 Å². The molecular formula is C35H35N3O4. The molecule has 0 fully saturated rings. The maximum absolute atomic E-state index is 6.72. The molecular weight excluding hydrogens is 526 g/mol. The van der Waals surface area contributed by atoms with E-state index in [0.29, 0.717) is 33.0 Å². The summed E-state index contributed by atoms with van der Waals surface area (Å²) < 4.78 is 28.2. The number of hydrogen-bond donors (Lipinski definition) is 0. The standard InChI is InChI=1S/C35H35N3O4/c1-5-13-27(14-6-1)22-39-26-32-34(41-24-29-17-9-3-10-18-29)35(42-25-30-19-11-4-12-20-30)33(31-21-36-37-38(31)32)40-23-28-15-7-2-8-16-28/h1-21,32-35H,22-26H2/t32-,33-,34-,35-/m1/s1. The van der Waals surface area contributed by atoms with Crippen molar-refractivity contribution in [1.29, 1.82) is 0 Å². The molecule has 0 amide bonds. The van der Waals surface area contributed by atoms with Gasteiger partial charge in [0.25, 0.3) is 0 Å².